The highest BCUT2D eigenvalue weighted by Crippen LogP contribution is 2.21. The number of carbonyl (C=O) groups is 1. The summed E-state index contributed by atoms with van der Waals surface area (Å²) >= 11 is 1.87. The van der Waals surface area contributed by atoms with Crippen molar-refractivity contribution in [2.75, 3.05) is 5.32 Å². The minimum Gasteiger partial charge on any atom is -0.307 e. The number of hydrogen-bond acceptors (Lipinski definition) is 2. The summed E-state index contributed by atoms with van der Waals surface area (Å²) in [6.45, 7) is 1.68. The average molecular weight is 471 g/mol. The molecule has 1 heterocycles. The van der Waals surface area contributed by atoms with Gasteiger partial charge in [-0.05, 0) is 65.9 Å². The maximum Gasteiger partial charge on any atom is 0.257 e. The standard InChI is InChI=1S/C18H13F3IN3O/c1-10-8-23-25(9-11-6-12(19)3-5-15(11)21)17(10)24-18(26)14-4-2-13(20)7-16(14)22/h2-8H,9H2,1H3,(H,24,26). The van der Waals surface area contributed by atoms with Gasteiger partial charge in [-0.1, -0.05) is 0 Å². The number of aryl methyl sites for hydroxylation is 1. The summed E-state index contributed by atoms with van der Waals surface area (Å²) in [7, 11) is 0. The van der Waals surface area contributed by atoms with Crippen molar-refractivity contribution in [1.82, 2.24) is 9.78 Å². The second-order valence-corrected chi connectivity index (χ2v) is 6.81. The van der Waals surface area contributed by atoms with Gasteiger partial charge in [-0.15, -0.1) is 0 Å². The molecule has 0 atom stereocenters. The van der Waals surface area contributed by atoms with Crippen LogP contribution in [0.25, 0.3) is 0 Å². The number of benzene rings is 2. The van der Waals surface area contributed by atoms with Crippen LogP contribution in [0, 0.1) is 27.9 Å². The molecule has 1 N–H and O–H groups in total. The monoisotopic (exact) mass is 471 g/mol. The van der Waals surface area contributed by atoms with E-state index in [1.807, 2.05) is 22.6 Å². The Morgan fingerprint density at radius 1 is 1.15 bits per heavy atom. The zero-order valence-corrected chi connectivity index (χ0v) is 15.7. The predicted octanol–water partition coefficient (Wildman–Crippen LogP) is 4.51. The number of anilines is 1. The SMILES string of the molecule is Cc1cnn(Cc2cc(F)ccc2F)c1NC(=O)c1ccc(F)cc1I. The van der Waals surface area contributed by atoms with Crippen LogP contribution in [0.2, 0.25) is 0 Å². The first kappa shape index (κ1) is 18.4. The molecule has 0 saturated carbocycles. The predicted molar refractivity (Wildman–Crippen MR) is 99.5 cm³/mol. The van der Waals surface area contributed by atoms with Crippen LogP contribution in [-0.4, -0.2) is 15.7 Å². The van der Waals surface area contributed by atoms with E-state index in [0.29, 0.717) is 20.5 Å². The molecule has 0 spiro atoms. The summed E-state index contributed by atoms with van der Waals surface area (Å²) in [6, 6.07) is 6.99. The lowest BCUT2D eigenvalue weighted by atomic mass is 10.2. The molecule has 0 saturated heterocycles. The molecule has 8 heteroatoms. The summed E-state index contributed by atoms with van der Waals surface area (Å²) in [6.07, 6.45) is 1.52. The van der Waals surface area contributed by atoms with Crippen molar-refractivity contribution in [2.24, 2.45) is 0 Å². The fourth-order valence-electron chi connectivity index (χ4n) is 2.44. The Bertz CT molecular complexity index is 988. The molecule has 0 bridgehead atoms. The number of nitrogens with zero attached hydrogens (tertiary/aromatic N) is 2. The molecule has 0 fully saturated rings. The quantitative estimate of drug-likeness (QED) is 0.570. The molecular formula is C18H13F3IN3O. The Balaban J connectivity index is 1.88. The van der Waals surface area contributed by atoms with Crippen LogP contribution >= 0.6 is 22.6 Å². The summed E-state index contributed by atoms with van der Waals surface area (Å²) in [4.78, 5) is 12.5. The van der Waals surface area contributed by atoms with Gasteiger partial charge in [0.25, 0.3) is 5.91 Å². The molecule has 4 nitrogen and oxygen atoms in total. The van der Waals surface area contributed by atoms with Crippen molar-refractivity contribution in [1.29, 1.82) is 0 Å². The minimum atomic E-state index is -0.565. The molecule has 0 aliphatic heterocycles. The van der Waals surface area contributed by atoms with Crippen molar-refractivity contribution in [3.63, 3.8) is 0 Å². The molecule has 134 valence electrons. The summed E-state index contributed by atoms with van der Waals surface area (Å²) in [5.41, 5.74) is 1.07. The number of amides is 1. The van der Waals surface area contributed by atoms with Crippen LogP contribution in [0.5, 0.6) is 0 Å². The third-order valence-electron chi connectivity index (χ3n) is 3.76. The van der Waals surface area contributed by atoms with Crippen molar-refractivity contribution in [2.45, 2.75) is 13.5 Å². The lowest BCUT2D eigenvalue weighted by molar-refractivity contribution is 0.102. The van der Waals surface area contributed by atoms with Crippen molar-refractivity contribution >= 4 is 34.3 Å². The second kappa shape index (κ2) is 7.48. The minimum absolute atomic E-state index is 0.0481. The van der Waals surface area contributed by atoms with Crippen LogP contribution in [0.3, 0.4) is 0 Å². The van der Waals surface area contributed by atoms with E-state index in [9.17, 15) is 18.0 Å². The van der Waals surface area contributed by atoms with Crippen LogP contribution < -0.4 is 5.32 Å². The molecule has 0 unspecified atom stereocenters. The van der Waals surface area contributed by atoms with Gasteiger partial charge in [-0.25, -0.2) is 17.9 Å². The first-order valence-electron chi connectivity index (χ1n) is 7.58. The van der Waals surface area contributed by atoms with Crippen molar-refractivity contribution in [3.05, 3.63) is 80.3 Å². The number of nitrogens with one attached hydrogen (secondary N) is 1. The van der Waals surface area contributed by atoms with Gasteiger partial charge in [0.15, 0.2) is 0 Å². The second-order valence-electron chi connectivity index (χ2n) is 5.65. The van der Waals surface area contributed by atoms with Gasteiger partial charge in [0.2, 0.25) is 0 Å². The van der Waals surface area contributed by atoms with Gasteiger partial charge < -0.3 is 5.32 Å². The van der Waals surface area contributed by atoms with Gasteiger partial charge in [0, 0.05) is 14.7 Å². The maximum atomic E-state index is 13.9. The number of aromatic nitrogens is 2. The number of carbonyl (C=O) groups excluding carboxylic acids is 1. The van der Waals surface area contributed by atoms with Gasteiger partial charge in [0.1, 0.15) is 23.3 Å². The van der Waals surface area contributed by atoms with Gasteiger partial charge in [-0.2, -0.15) is 5.10 Å². The van der Waals surface area contributed by atoms with Crippen LogP contribution in [0.15, 0.2) is 42.6 Å². The molecule has 0 aliphatic carbocycles. The number of hydrogen-bond donors (Lipinski definition) is 1. The van der Waals surface area contributed by atoms with Crippen LogP contribution in [-0.2, 0) is 6.54 Å². The van der Waals surface area contributed by atoms with Gasteiger partial charge >= 0.3 is 0 Å². The Morgan fingerprint density at radius 2 is 1.85 bits per heavy atom. The first-order chi connectivity index (χ1) is 12.3. The molecule has 0 aliphatic rings. The fourth-order valence-corrected chi connectivity index (χ4v) is 3.16. The van der Waals surface area contributed by atoms with Crippen LogP contribution in [0.4, 0.5) is 19.0 Å². The molecular weight excluding hydrogens is 458 g/mol. The third kappa shape index (κ3) is 3.90. The highest BCUT2D eigenvalue weighted by atomic mass is 127. The van der Waals surface area contributed by atoms with E-state index in [2.05, 4.69) is 10.4 Å². The Morgan fingerprint density at radius 3 is 2.58 bits per heavy atom. The molecule has 1 amide bonds. The molecule has 26 heavy (non-hydrogen) atoms. The molecule has 3 rings (SSSR count). The normalized spacial score (nSPS) is 10.8. The van der Waals surface area contributed by atoms with Gasteiger partial charge in [0.05, 0.1) is 18.3 Å². The molecule has 1 aromatic heterocycles. The average Bonchev–Trinajstić information content (AvgIpc) is 2.91. The van der Waals surface area contributed by atoms with Gasteiger partial charge in [-0.3, -0.25) is 4.79 Å². The Labute approximate surface area is 161 Å². The summed E-state index contributed by atoms with van der Waals surface area (Å²) in [5, 5.41) is 6.82. The molecule has 3 aromatic rings. The smallest absolute Gasteiger partial charge is 0.257 e. The highest BCUT2D eigenvalue weighted by molar-refractivity contribution is 14.1. The summed E-state index contributed by atoms with van der Waals surface area (Å²) < 4.78 is 42.3. The zero-order valence-electron chi connectivity index (χ0n) is 13.6. The fraction of sp³-hybridized carbons (Fsp3) is 0.111. The van der Waals surface area contributed by atoms with E-state index >= 15 is 0 Å². The lowest BCUT2D eigenvalue weighted by Gasteiger charge is -2.12. The van der Waals surface area contributed by atoms with Crippen molar-refractivity contribution < 1.29 is 18.0 Å². The van der Waals surface area contributed by atoms with E-state index < -0.39 is 23.4 Å². The molecule has 2 aromatic carbocycles. The zero-order chi connectivity index (χ0) is 18.8. The number of rotatable bonds is 4. The van der Waals surface area contributed by atoms with E-state index in [0.717, 1.165) is 18.2 Å². The Kier molecular flexibility index (Phi) is 5.30. The highest BCUT2D eigenvalue weighted by Gasteiger charge is 2.16. The van der Waals surface area contributed by atoms with E-state index in [4.69, 9.17) is 0 Å². The van der Waals surface area contributed by atoms with Crippen LogP contribution in [0.1, 0.15) is 21.5 Å². The summed E-state index contributed by atoms with van der Waals surface area (Å²) in [5.74, 6) is -1.65. The van der Waals surface area contributed by atoms with E-state index in [1.165, 1.54) is 29.1 Å². The number of halogens is 4. The third-order valence-corrected chi connectivity index (χ3v) is 4.65. The topological polar surface area (TPSA) is 46.9 Å². The maximum absolute atomic E-state index is 13.9. The first-order valence-corrected chi connectivity index (χ1v) is 8.66. The molecule has 0 radical (unpaired) electrons. The lowest BCUT2D eigenvalue weighted by Crippen LogP contribution is -2.18. The van der Waals surface area contributed by atoms with Crippen molar-refractivity contribution in [3.8, 4) is 0 Å². The van der Waals surface area contributed by atoms with E-state index in [-0.39, 0.29) is 12.1 Å². The largest absolute Gasteiger partial charge is 0.307 e. The van der Waals surface area contributed by atoms with E-state index in [1.54, 1.807) is 6.92 Å². The Hall–Kier alpha value is -2.36.